The lowest BCUT2D eigenvalue weighted by atomic mass is 9.86. The fraction of sp³-hybridized carbons (Fsp3) is 0.923. The molecule has 0 unspecified atom stereocenters. The van der Waals surface area contributed by atoms with Crippen LogP contribution in [0.3, 0.4) is 0 Å². The third kappa shape index (κ3) is 3.91. The van der Waals surface area contributed by atoms with Gasteiger partial charge in [-0.2, -0.15) is 0 Å². The van der Waals surface area contributed by atoms with Crippen molar-refractivity contribution in [3.8, 4) is 0 Å². The van der Waals surface area contributed by atoms with Gasteiger partial charge in [0, 0.05) is 38.4 Å². The molecule has 1 heterocycles. The fourth-order valence-corrected chi connectivity index (χ4v) is 4.48. The Bertz CT molecular complexity index is 486. The average molecular weight is 324 g/mol. The second-order valence-corrected chi connectivity index (χ2v) is 7.91. The molecule has 2 aliphatic rings. The van der Waals surface area contributed by atoms with Crippen LogP contribution in [0.25, 0.3) is 0 Å². The minimum absolute atomic E-state index is 0.167. The number of amides is 1. The van der Waals surface area contributed by atoms with Crippen molar-refractivity contribution < 1.29 is 22.0 Å². The van der Waals surface area contributed by atoms with Crippen molar-refractivity contribution >= 4 is 15.9 Å². The highest BCUT2D eigenvalue weighted by Gasteiger charge is 2.41. The number of alkyl halides is 2. The Morgan fingerprint density at radius 1 is 1.29 bits per heavy atom. The molecule has 0 bridgehead atoms. The van der Waals surface area contributed by atoms with Gasteiger partial charge in [-0.05, 0) is 19.3 Å². The Morgan fingerprint density at radius 2 is 1.90 bits per heavy atom. The van der Waals surface area contributed by atoms with E-state index < -0.39 is 21.2 Å². The first-order chi connectivity index (χ1) is 9.75. The number of halogens is 2. The molecule has 1 N–H and O–H groups in total. The minimum Gasteiger partial charge on any atom is -0.341 e. The molecule has 1 aliphatic heterocycles. The highest BCUT2D eigenvalue weighted by molar-refractivity contribution is 7.90. The van der Waals surface area contributed by atoms with E-state index in [1.54, 1.807) is 6.92 Å². The Labute approximate surface area is 124 Å². The standard InChI is InChI=1S/C13H22F2N2O3S/c1-2-16-21(19,20)11-5-8-17(9-11)12(18)10-3-6-13(14,15)7-4-10/h10-11,16H,2-9H2,1H3/t11-/m1/s1. The van der Waals surface area contributed by atoms with Crippen LogP contribution in [0.5, 0.6) is 0 Å². The average Bonchev–Trinajstić information content (AvgIpc) is 2.88. The molecule has 5 nitrogen and oxygen atoms in total. The number of carbonyl (C=O) groups excluding carboxylic acids is 1. The largest absolute Gasteiger partial charge is 0.341 e. The molecule has 21 heavy (non-hydrogen) atoms. The van der Waals surface area contributed by atoms with Crippen LogP contribution in [-0.4, -0.2) is 50.0 Å². The summed E-state index contributed by atoms with van der Waals surface area (Å²) in [6, 6.07) is 0. The zero-order chi connectivity index (χ0) is 15.7. The van der Waals surface area contributed by atoms with Crippen LogP contribution in [0, 0.1) is 5.92 Å². The summed E-state index contributed by atoms with van der Waals surface area (Å²) >= 11 is 0. The van der Waals surface area contributed by atoms with Gasteiger partial charge in [-0.3, -0.25) is 4.79 Å². The maximum Gasteiger partial charge on any atom is 0.248 e. The topological polar surface area (TPSA) is 66.5 Å². The molecule has 8 heteroatoms. The number of nitrogens with zero attached hydrogens (tertiary/aromatic N) is 1. The molecule has 122 valence electrons. The molecular formula is C13H22F2N2O3S. The van der Waals surface area contributed by atoms with E-state index in [1.807, 2.05) is 0 Å². The van der Waals surface area contributed by atoms with Crippen LogP contribution in [0.15, 0.2) is 0 Å². The molecule has 1 aliphatic carbocycles. The first kappa shape index (κ1) is 16.6. The number of carbonyl (C=O) groups is 1. The molecule has 0 aromatic heterocycles. The van der Waals surface area contributed by atoms with E-state index in [4.69, 9.17) is 0 Å². The number of hydrogen-bond acceptors (Lipinski definition) is 3. The Balaban J connectivity index is 1.91. The van der Waals surface area contributed by atoms with E-state index in [-0.39, 0.29) is 44.1 Å². The maximum atomic E-state index is 13.1. The molecule has 2 rings (SSSR count). The Morgan fingerprint density at radius 3 is 2.48 bits per heavy atom. The van der Waals surface area contributed by atoms with Crippen LogP contribution in [0.2, 0.25) is 0 Å². The van der Waals surface area contributed by atoms with Crippen molar-refractivity contribution in [2.75, 3.05) is 19.6 Å². The summed E-state index contributed by atoms with van der Waals surface area (Å²) in [5.41, 5.74) is 0. The number of sulfonamides is 1. The zero-order valence-electron chi connectivity index (χ0n) is 12.1. The quantitative estimate of drug-likeness (QED) is 0.849. The molecule has 2 fully saturated rings. The normalized spacial score (nSPS) is 27.0. The van der Waals surface area contributed by atoms with Crippen molar-refractivity contribution in [1.82, 2.24) is 9.62 Å². The summed E-state index contributed by atoms with van der Waals surface area (Å²) in [7, 11) is -3.39. The molecule has 0 spiro atoms. The second kappa shape index (κ2) is 6.16. The van der Waals surface area contributed by atoms with Gasteiger partial charge >= 0.3 is 0 Å². The van der Waals surface area contributed by atoms with E-state index in [1.165, 1.54) is 4.90 Å². The van der Waals surface area contributed by atoms with Crippen LogP contribution in [0.1, 0.15) is 39.0 Å². The van der Waals surface area contributed by atoms with Crippen molar-refractivity contribution in [3.05, 3.63) is 0 Å². The lowest BCUT2D eigenvalue weighted by Gasteiger charge is -2.30. The predicted molar refractivity (Wildman–Crippen MR) is 74.5 cm³/mol. The third-order valence-corrected chi connectivity index (χ3v) is 6.26. The summed E-state index contributed by atoms with van der Waals surface area (Å²) in [5.74, 6) is -3.21. The second-order valence-electron chi connectivity index (χ2n) is 5.87. The first-order valence-corrected chi connectivity index (χ1v) is 8.95. The van der Waals surface area contributed by atoms with Gasteiger partial charge < -0.3 is 4.90 Å². The Kier molecular flexibility index (Phi) is 4.87. The van der Waals surface area contributed by atoms with Gasteiger partial charge in [0.1, 0.15) is 0 Å². The van der Waals surface area contributed by atoms with Gasteiger partial charge in [0.25, 0.3) is 0 Å². The molecular weight excluding hydrogens is 302 g/mol. The molecule has 0 radical (unpaired) electrons. The van der Waals surface area contributed by atoms with E-state index in [0.29, 0.717) is 19.5 Å². The number of nitrogens with one attached hydrogen (secondary N) is 1. The Hall–Kier alpha value is -0.760. The summed E-state index contributed by atoms with van der Waals surface area (Å²) in [5, 5.41) is -0.591. The molecule has 1 saturated heterocycles. The van der Waals surface area contributed by atoms with E-state index >= 15 is 0 Å². The van der Waals surface area contributed by atoms with Gasteiger partial charge in [0.05, 0.1) is 5.25 Å². The first-order valence-electron chi connectivity index (χ1n) is 7.40. The lowest BCUT2D eigenvalue weighted by molar-refractivity contribution is -0.138. The van der Waals surface area contributed by atoms with Crippen molar-refractivity contribution in [2.45, 2.75) is 50.2 Å². The SMILES string of the molecule is CCNS(=O)(=O)[C@@H]1CCN(C(=O)C2CCC(F)(F)CC2)C1. The lowest BCUT2D eigenvalue weighted by Crippen LogP contribution is -2.41. The molecule has 0 aromatic rings. The molecule has 1 atom stereocenters. The molecule has 1 amide bonds. The van der Waals surface area contributed by atoms with E-state index in [2.05, 4.69) is 4.72 Å². The van der Waals surface area contributed by atoms with Crippen LogP contribution < -0.4 is 4.72 Å². The number of rotatable bonds is 4. The highest BCUT2D eigenvalue weighted by Crippen LogP contribution is 2.37. The van der Waals surface area contributed by atoms with Gasteiger partial charge in [-0.25, -0.2) is 21.9 Å². The number of likely N-dealkylation sites (tertiary alicyclic amines) is 1. The smallest absolute Gasteiger partial charge is 0.248 e. The van der Waals surface area contributed by atoms with Crippen molar-refractivity contribution in [3.63, 3.8) is 0 Å². The van der Waals surface area contributed by atoms with Gasteiger partial charge in [0.15, 0.2) is 0 Å². The minimum atomic E-state index is -3.39. The predicted octanol–water partition coefficient (Wildman–Crippen LogP) is 1.35. The summed E-state index contributed by atoms with van der Waals surface area (Å²) < 4.78 is 52.5. The summed E-state index contributed by atoms with van der Waals surface area (Å²) in [6.07, 6.45) is 0.274. The van der Waals surface area contributed by atoms with Crippen molar-refractivity contribution in [2.24, 2.45) is 5.92 Å². The van der Waals surface area contributed by atoms with Gasteiger partial charge in [-0.15, -0.1) is 0 Å². The van der Waals surface area contributed by atoms with Crippen LogP contribution in [0.4, 0.5) is 8.78 Å². The van der Waals surface area contributed by atoms with E-state index in [0.717, 1.165) is 0 Å². The molecule has 1 saturated carbocycles. The van der Waals surface area contributed by atoms with E-state index in [9.17, 15) is 22.0 Å². The highest BCUT2D eigenvalue weighted by atomic mass is 32.2. The van der Waals surface area contributed by atoms with Crippen LogP contribution in [-0.2, 0) is 14.8 Å². The van der Waals surface area contributed by atoms with Gasteiger partial charge in [0.2, 0.25) is 21.9 Å². The number of hydrogen-bond donors (Lipinski definition) is 1. The van der Waals surface area contributed by atoms with Crippen LogP contribution >= 0.6 is 0 Å². The van der Waals surface area contributed by atoms with Crippen molar-refractivity contribution in [1.29, 1.82) is 0 Å². The fourth-order valence-electron chi connectivity index (χ4n) is 3.05. The zero-order valence-corrected chi connectivity index (χ0v) is 13.0. The monoisotopic (exact) mass is 324 g/mol. The third-order valence-electron chi connectivity index (χ3n) is 4.31. The summed E-state index contributed by atoms with van der Waals surface area (Å²) in [6.45, 7) is 2.59. The summed E-state index contributed by atoms with van der Waals surface area (Å²) in [4.78, 5) is 13.8. The maximum absolute atomic E-state index is 13.1. The molecule has 0 aromatic carbocycles. The van der Waals surface area contributed by atoms with Gasteiger partial charge in [-0.1, -0.05) is 6.92 Å².